The lowest BCUT2D eigenvalue weighted by Crippen LogP contribution is -2.09. The van der Waals surface area contributed by atoms with Crippen LogP contribution in [-0.2, 0) is 0 Å². The van der Waals surface area contributed by atoms with Gasteiger partial charge in [-0.25, -0.2) is 4.98 Å². The van der Waals surface area contributed by atoms with Crippen molar-refractivity contribution < 1.29 is 4.92 Å². The molecule has 0 aliphatic rings. The smallest absolute Gasteiger partial charge is 0.289 e. The summed E-state index contributed by atoms with van der Waals surface area (Å²) in [5, 5.41) is 25.8. The lowest BCUT2D eigenvalue weighted by molar-refractivity contribution is -0.385. The Hall–Kier alpha value is -2.46. The van der Waals surface area contributed by atoms with Crippen LogP contribution in [0.2, 0.25) is 0 Å². The van der Waals surface area contributed by atoms with Crippen LogP contribution in [0, 0.1) is 21.4 Å². The van der Waals surface area contributed by atoms with Gasteiger partial charge in [0.2, 0.25) is 0 Å². The molecule has 1 atom stereocenters. The fourth-order valence-corrected chi connectivity index (χ4v) is 2.59. The highest BCUT2D eigenvalue weighted by Crippen LogP contribution is 2.28. The Morgan fingerprint density at radius 3 is 2.95 bits per heavy atom. The van der Waals surface area contributed by atoms with Gasteiger partial charge in [0, 0.05) is 23.3 Å². The summed E-state index contributed by atoms with van der Waals surface area (Å²) in [7, 11) is 0. The number of nitrogens with zero attached hydrogens (tertiary/aromatic N) is 3. The van der Waals surface area contributed by atoms with Gasteiger partial charge in [-0.15, -0.1) is 11.3 Å². The van der Waals surface area contributed by atoms with E-state index in [2.05, 4.69) is 10.3 Å². The number of thiazole rings is 1. The third kappa shape index (κ3) is 2.92. The van der Waals surface area contributed by atoms with Gasteiger partial charge in [-0.3, -0.25) is 10.1 Å². The molecule has 6 nitrogen and oxygen atoms in total. The molecule has 0 spiro atoms. The molecule has 1 aromatic carbocycles. The zero-order valence-corrected chi connectivity index (χ0v) is 11.6. The van der Waals surface area contributed by atoms with Crippen LogP contribution in [0.3, 0.4) is 0 Å². The van der Waals surface area contributed by atoms with Crippen molar-refractivity contribution in [1.82, 2.24) is 4.98 Å². The van der Waals surface area contributed by atoms with Gasteiger partial charge in [0.25, 0.3) is 5.69 Å². The minimum absolute atomic E-state index is 0.00235. The maximum atomic E-state index is 10.9. The molecule has 0 saturated heterocycles. The molecule has 0 amide bonds. The van der Waals surface area contributed by atoms with Crippen molar-refractivity contribution in [3.8, 4) is 6.07 Å². The number of anilines is 1. The Morgan fingerprint density at radius 2 is 2.40 bits per heavy atom. The van der Waals surface area contributed by atoms with Crippen molar-refractivity contribution in [2.75, 3.05) is 5.32 Å². The van der Waals surface area contributed by atoms with Crippen LogP contribution < -0.4 is 5.32 Å². The van der Waals surface area contributed by atoms with Gasteiger partial charge in [-0.2, -0.15) is 5.26 Å². The van der Waals surface area contributed by atoms with E-state index in [4.69, 9.17) is 5.26 Å². The second-order valence-corrected chi connectivity index (χ2v) is 5.00. The quantitative estimate of drug-likeness (QED) is 0.671. The SMILES string of the molecule is CCC(Nc1ccc(C#N)c([N+](=O)[O-])c1)c1nccs1. The Balaban J connectivity index is 2.28. The maximum Gasteiger partial charge on any atom is 0.289 e. The normalized spacial score (nSPS) is 11.6. The molecule has 7 heteroatoms. The van der Waals surface area contributed by atoms with Gasteiger partial charge >= 0.3 is 0 Å². The molecular weight excluding hydrogens is 276 g/mol. The van der Waals surface area contributed by atoms with E-state index in [0.717, 1.165) is 11.4 Å². The van der Waals surface area contributed by atoms with Crippen molar-refractivity contribution in [2.24, 2.45) is 0 Å². The van der Waals surface area contributed by atoms with Crippen LogP contribution in [0.4, 0.5) is 11.4 Å². The minimum atomic E-state index is -0.548. The average molecular weight is 288 g/mol. The number of hydrogen-bond acceptors (Lipinski definition) is 6. The van der Waals surface area contributed by atoms with Crippen LogP contribution in [0.15, 0.2) is 29.8 Å². The van der Waals surface area contributed by atoms with Gasteiger partial charge < -0.3 is 5.32 Å². The van der Waals surface area contributed by atoms with E-state index in [0.29, 0.717) is 5.69 Å². The van der Waals surface area contributed by atoms with E-state index in [-0.39, 0.29) is 17.3 Å². The minimum Gasteiger partial charge on any atom is -0.376 e. The molecule has 0 fully saturated rings. The topological polar surface area (TPSA) is 91.8 Å². The predicted molar refractivity (Wildman–Crippen MR) is 76.6 cm³/mol. The van der Waals surface area contributed by atoms with Crippen molar-refractivity contribution in [1.29, 1.82) is 5.26 Å². The number of hydrogen-bond donors (Lipinski definition) is 1. The number of benzene rings is 1. The van der Waals surface area contributed by atoms with Crippen LogP contribution in [0.25, 0.3) is 0 Å². The number of nitrogens with one attached hydrogen (secondary N) is 1. The summed E-state index contributed by atoms with van der Waals surface area (Å²) < 4.78 is 0. The van der Waals surface area contributed by atoms with E-state index < -0.39 is 4.92 Å². The standard InChI is InChI=1S/C13H12N4O2S/c1-2-11(13-15-5-6-20-13)16-10-4-3-9(8-14)12(7-10)17(18)19/h3-7,11,16H,2H2,1H3. The van der Waals surface area contributed by atoms with E-state index in [1.54, 1.807) is 12.3 Å². The molecule has 102 valence electrons. The highest BCUT2D eigenvalue weighted by molar-refractivity contribution is 7.09. The van der Waals surface area contributed by atoms with Crippen LogP contribution in [0.1, 0.15) is 30.0 Å². The molecule has 1 unspecified atom stereocenters. The van der Waals surface area contributed by atoms with Gasteiger partial charge in [0.1, 0.15) is 16.6 Å². The molecule has 0 bridgehead atoms. The molecule has 1 heterocycles. The van der Waals surface area contributed by atoms with E-state index >= 15 is 0 Å². The number of rotatable bonds is 5. The predicted octanol–water partition coefficient (Wildman–Crippen LogP) is 3.49. The Bertz CT molecular complexity index is 649. The molecule has 0 aliphatic heterocycles. The molecule has 0 aliphatic carbocycles. The van der Waals surface area contributed by atoms with Gasteiger partial charge in [-0.05, 0) is 18.6 Å². The summed E-state index contributed by atoms with van der Waals surface area (Å²) in [6, 6.07) is 6.33. The summed E-state index contributed by atoms with van der Waals surface area (Å²) in [6.07, 6.45) is 2.53. The molecule has 1 aromatic heterocycles. The first-order valence-electron chi connectivity index (χ1n) is 6.00. The second kappa shape index (κ2) is 6.12. The fraction of sp³-hybridized carbons (Fsp3) is 0.231. The van der Waals surface area contributed by atoms with E-state index in [1.807, 2.05) is 18.4 Å². The molecule has 0 saturated carbocycles. The van der Waals surface area contributed by atoms with E-state index in [1.165, 1.54) is 23.5 Å². The van der Waals surface area contributed by atoms with Crippen molar-refractivity contribution in [3.63, 3.8) is 0 Å². The van der Waals surface area contributed by atoms with Gasteiger partial charge in [-0.1, -0.05) is 6.92 Å². The largest absolute Gasteiger partial charge is 0.376 e. The third-order valence-corrected chi connectivity index (χ3v) is 3.70. The van der Waals surface area contributed by atoms with Crippen LogP contribution in [-0.4, -0.2) is 9.91 Å². The Labute approximate surface area is 119 Å². The highest BCUT2D eigenvalue weighted by Gasteiger charge is 2.17. The lowest BCUT2D eigenvalue weighted by atomic mass is 10.1. The molecule has 0 radical (unpaired) electrons. The monoisotopic (exact) mass is 288 g/mol. The lowest BCUT2D eigenvalue weighted by Gasteiger charge is -2.15. The molecule has 2 aromatic rings. The maximum absolute atomic E-state index is 10.9. The first kappa shape index (κ1) is 14.0. The zero-order valence-electron chi connectivity index (χ0n) is 10.7. The number of nitro benzene ring substituents is 1. The summed E-state index contributed by atoms with van der Waals surface area (Å²) in [6.45, 7) is 2.01. The third-order valence-electron chi connectivity index (χ3n) is 2.81. The summed E-state index contributed by atoms with van der Waals surface area (Å²) in [4.78, 5) is 14.6. The van der Waals surface area contributed by atoms with Crippen molar-refractivity contribution in [2.45, 2.75) is 19.4 Å². The Kier molecular flexibility index (Phi) is 4.27. The number of nitriles is 1. The molecular formula is C13H12N4O2S. The first-order valence-corrected chi connectivity index (χ1v) is 6.88. The van der Waals surface area contributed by atoms with E-state index in [9.17, 15) is 10.1 Å². The highest BCUT2D eigenvalue weighted by atomic mass is 32.1. The van der Waals surface area contributed by atoms with Crippen LogP contribution in [0.5, 0.6) is 0 Å². The van der Waals surface area contributed by atoms with Crippen molar-refractivity contribution >= 4 is 22.7 Å². The van der Waals surface area contributed by atoms with Crippen molar-refractivity contribution in [3.05, 3.63) is 50.5 Å². The van der Waals surface area contributed by atoms with Gasteiger partial charge in [0.05, 0.1) is 11.0 Å². The molecule has 20 heavy (non-hydrogen) atoms. The summed E-state index contributed by atoms with van der Waals surface area (Å²) in [5.74, 6) is 0. The number of nitro groups is 1. The average Bonchev–Trinajstić information content (AvgIpc) is 2.98. The molecule has 1 N–H and O–H groups in total. The molecule has 2 rings (SSSR count). The summed E-state index contributed by atoms with van der Waals surface area (Å²) in [5.41, 5.74) is 0.479. The summed E-state index contributed by atoms with van der Waals surface area (Å²) >= 11 is 1.53. The zero-order chi connectivity index (χ0) is 14.5. The first-order chi connectivity index (χ1) is 9.65. The van der Waals surface area contributed by atoms with Gasteiger partial charge in [0.15, 0.2) is 0 Å². The Morgan fingerprint density at radius 1 is 1.60 bits per heavy atom. The van der Waals surface area contributed by atoms with Crippen LogP contribution >= 0.6 is 11.3 Å². The number of aromatic nitrogens is 1. The fourth-order valence-electron chi connectivity index (χ4n) is 1.81. The second-order valence-electron chi connectivity index (χ2n) is 4.08.